The van der Waals surface area contributed by atoms with Crippen molar-refractivity contribution in [2.75, 3.05) is 0 Å². The fourth-order valence-corrected chi connectivity index (χ4v) is 1.85. The SMILES string of the molecule is NC(C=O)(C=O)C(=O)c1ccc(Cl)s1. The third kappa shape index (κ3) is 1.89. The molecule has 0 saturated carbocycles. The molecule has 0 unspecified atom stereocenters. The van der Waals surface area contributed by atoms with Crippen molar-refractivity contribution in [3.05, 3.63) is 21.3 Å². The fraction of sp³-hybridized carbons (Fsp3) is 0.125. The third-order valence-electron chi connectivity index (χ3n) is 1.58. The van der Waals surface area contributed by atoms with Gasteiger partial charge in [-0.15, -0.1) is 11.3 Å². The number of carbonyl (C=O) groups excluding carboxylic acids is 3. The maximum absolute atomic E-state index is 11.5. The van der Waals surface area contributed by atoms with Crippen molar-refractivity contribution in [1.29, 1.82) is 0 Å². The molecule has 0 amide bonds. The predicted octanol–water partition coefficient (Wildman–Crippen LogP) is 0.679. The van der Waals surface area contributed by atoms with E-state index in [-0.39, 0.29) is 17.4 Å². The van der Waals surface area contributed by atoms with Gasteiger partial charge in [-0.25, -0.2) is 0 Å². The third-order valence-corrected chi connectivity index (χ3v) is 2.81. The number of carbonyl (C=O) groups is 3. The zero-order chi connectivity index (χ0) is 10.8. The molecule has 0 atom stereocenters. The summed E-state index contributed by atoms with van der Waals surface area (Å²) in [6, 6.07) is 2.92. The van der Waals surface area contributed by atoms with Crippen LogP contribution in [0.3, 0.4) is 0 Å². The largest absolute Gasteiger partial charge is 0.307 e. The summed E-state index contributed by atoms with van der Waals surface area (Å²) in [7, 11) is 0. The molecular weight excluding hydrogens is 226 g/mol. The highest BCUT2D eigenvalue weighted by Crippen LogP contribution is 2.23. The van der Waals surface area contributed by atoms with E-state index in [9.17, 15) is 14.4 Å². The van der Waals surface area contributed by atoms with Crippen molar-refractivity contribution in [3.63, 3.8) is 0 Å². The second-order valence-electron chi connectivity index (χ2n) is 2.60. The van der Waals surface area contributed by atoms with Gasteiger partial charge in [-0.1, -0.05) is 11.6 Å². The lowest BCUT2D eigenvalue weighted by molar-refractivity contribution is -0.118. The average molecular weight is 232 g/mol. The van der Waals surface area contributed by atoms with Crippen molar-refractivity contribution in [1.82, 2.24) is 0 Å². The Morgan fingerprint density at radius 3 is 2.36 bits per heavy atom. The molecular formula is C8H6ClNO3S. The molecule has 0 aliphatic heterocycles. The van der Waals surface area contributed by atoms with Gasteiger partial charge in [-0.05, 0) is 12.1 Å². The number of nitrogens with two attached hydrogens (primary N) is 1. The minimum absolute atomic E-state index is 0.121. The van der Waals surface area contributed by atoms with E-state index in [0.29, 0.717) is 4.34 Å². The number of aldehydes is 2. The smallest absolute Gasteiger partial charge is 0.207 e. The number of hydrogen-bond acceptors (Lipinski definition) is 5. The molecule has 0 saturated heterocycles. The Bertz CT molecular complexity index is 380. The Hall–Kier alpha value is -1.04. The first kappa shape index (κ1) is 11.0. The first-order valence-corrected chi connectivity index (χ1v) is 4.74. The summed E-state index contributed by atoms with van der Waals surface area (Å²) in [6.45, 7) is 0. The number of Topliss-reactive ketones (excluding diaryl/α,β-unsaturated/α-hetero) is 1. The molecule has 4 nitrogen and oxygen atoms in total. The van der Waals surface area contributed by atoms with E-state index in [1.54, 1.807) is 0 Å². The molecule has 0 spiro atoms. The van der Waals surface area contributed by atoms with Crippen molar-refractivity contribution in [2.24, 2.45) is 5.73 Å². The summed E-state index contributed by atoms with van der Waals surface area (Å²) in [5.74, 6) is -0.737. The first-order chi connectivity index (χ1) is 6.53. The molecule has 1 rings (SSSR count). The van der Waals surface area contributed by atoms with Crippen molar-refractivity contribution < 1.29 is 14.4 Å². The normalized spacial score (nSPS) is 11.0. The van der Waals surface area contributed by atoms with Crippen molar-refractivity contribution in [3.8, 4) is 0 Å². The van der Waals surface area contributed by atoms with Crippen molar-refractivity contribution >= 4 is 41.3 Å². The molecule has 0 aromatic carbocycles. The molecule has 1 heterocycles. The molecule has 0 bridgehead atoms. The zero-order valence-electron chi connectivity index (χ0n) is 6.90. The molecule has 2 N–H and O–H groups in total. The molecule has 6 heteroatoms. The van der Waals surface area contributed by atoms with Gasteiger partial charge in [0.15, 0.2) is 18.1 Å². The summed E-state index contributed by atoms with van der Waals surface area (Å²) in [4.78, 5) is 32.6. The van der Waals surface area contributed by atoms with Crippen LogP contribution in [0.4, 0.5) is 0 Å². The van der Waals surface area contributed by atoms with Crippen LogP contribution in [-0.2, 0) is 9.59 Å². The molecule has 1 aromatic heterocycles. The fourth-order valence-electron chi connectivity index (χ4n) is 0.785. The highest BCUT2D eigenvalue weighted by Gasteiger charge is 2.35. The van der Waals surface area contributed by atoms with Crippen LogP contribution >= 0.6 is 22.9 Å². The van der Waals surface area contributed by atoms with Crippen LogP contribution in [0.1, 0.15) is 9.67 Å². The van der Waals surface area contributed by atoms with Crippen LogP contribution in [0, 0.1) is 0 Å². The molecule has 0 aliphatic rings. The highest BCUT2D eigenvalue weighted by atomic mass is 35.5. The van der Waals surface area contributed by atoms with Crippen LogP contribution in [-0.4, -0.2) is 23.9 Å². The van der Waals surface area contributed by atoms with E-state index in [2.05, 4.69) is 0 Å². The van der Waals surface area contributed by atoms with E-state index in [1.807, 2.05) is 0 Å². The number of thiophene rings is 1. The lowest BCUT2D eigenvalue weighted by atomic mass is 9.98. The lowest BCUT2D eigenvalue weighted by Crippen LogP contribution is -2.50. The Morgan fingerprint density at radius 2 is 2.00 bits per heavy atom. The van der Waals surface area contributed by atoms with Gasteiger partial charge in [-0.3, -0.25) is 4.79 Å². The monoisotopic (exact) mass is 231 g/mol. The summed E-state index contributed by atoms with van der Waals surface area (Å²) < 4.78 is 0.396. The van der Waals surface area contributed by atoms with Gasteiger partial charge >= 0.3 is 0 Å². The number of ketones is 1. The zero-order valence-corrected chi connectivity index (χ0v) is 8.47. The maximum atomic E-state index is 11.5. The number of hydrogen-bond donors (Lipinski definition) is 1. The van der Waals surface area contributed by atoms with Gasteiger partial charge in [0.2, 0.25) is 5.78 Å². The van der Waals surface area contributed by atoms with Crippen LogP contribution < -0.4 is 5.73 Å². The summed E-state index contributed by atoms with van der Waals surface area (Å²) >= 11 is 6.56. The van der Waals surface area contributed by atoms with E-state index < -0.39 is 11.3 Å². The lowest BCUT2D eigenvalue weighted by Gasteiger charge is -2.11. The maximum Gasteiger partial charge on any atom is 0.207 e. The first-order valence-electron chi connectivity index (χ1n) is 3.55. The van der Waals surface area contributed by atoms with Gasteiger partial charge in [0, 0.05) is 0 Å². The average Bonchev–Trinajstić information content (AvgIpc) is 2.62. The minimum atomic E-state index is -2.09. The molecule has 0 radical (unpaired) electrons. The molecule has 0 fully saturated rings. The standard InChI is InChI=1S/C8H6ClNO3S/c9-6-2-1-5(14-6)7(13)8(10,3-11)4-12/h1-4H,10H2. The van der Waals surface area contributed by atoms with E-state index in [1.165, 1.54) is 12.1 Å². The summed E-state index contributed by atoms with van der Waals surface area (Å²) in [6.07, 6.45) is 0.242. The second-order valence-corrected chi connectivity index (χ2v) is 4.32. The quantitative estimate of drug-likeness (QED) is 0.470. The Morgan fingerprint density at radius 1 is 1.43 bits per heavy atom. The number of rotatable bonds is 4. The topological polar surface area (TPSA) is 77.2 Å². The van der Waals surface area contributed by atoms with E-state index in [4.69, 9.17) is 17.3 Å². The highest BCUT2D eigenvalue weighted by molar-refractivity contribution is 7.18. The van der Waals surface area contributed by atoms with Crippen molar-refractivity contribution in [2.45, 2.75) is 5.54 Å². The van der Waals surface area contributed by atoms with Gasteiger partial charge in [0.25, 0.3) is 0 Å². The predicted molar refractivity (Wildman–Crippen MR) is 52.7 cm³/mol. The summed E-state index contributed by atoms with van der Waals surface area (Å²) in [5, 5.41) is 0. The van der Waals surface area contributed by atoms with Crippen LogP contribution in [0.15, 0.2) is 12.1 Å². The van der Waals surface area contributed by atoms with E-state index in [0.717, 1.165) is 11.3 Å². The van der Waals surface area contributed by atoms with Crippen LogP contribution in [0.5, 0.6) is 0 Å². The van der Waals surface area contributed by atoms with Gasteiger partial charge in [0.1, 0.15) is 0 Å². The number of halogens is 1. The molecule has 74 valence electrons. The van der Waals surface area contributed by atoms with Gasteiger partial charge in [0.05, 0.1) is 9.21 Å². The molecule has 0 aliphatic carbocycles. The minimum Gasteiger partial charge on any atom is -0.307 e. The van der Waals surface area contributed by atoms with Gasteiger partial charge in [-0.2, -0.15) is 0 Å². The second kappa shape index (κ2) is 4.00. The summed E-state index contributed by atoms with van der Waals surface area (Å²) in [5.41, 5.74) is 3.17. The van der Waals surface area contributed by atoms with Gasteiger partial charge < -0.3 is 15.3 Å². The van der Waals surface area contributed by atoms with Crippen LogP contribution in [0.25, 0.3) is 0 Å². The molecule has 14 heavy (non-hydrogen) atoms. The Labute approximate surface area is 88.7 Å². The van der Waals surface area contributed by atoms with E-state index >= 15 is 0 Å². The molecule has 1 aromatic rings. The van der Waals surface area contributed by atoms with Crippen LogP contribution in [0.2, 0.25) is 4.34 Å². The Balaban J connectivity index is 3.06. The Kier molecular flexibility index (Phi) is 3.15.